The number of rotatable bonds is 2. The number of carbonyl (C=O) groups excluding carboxylic acids is 1. The topological polar surface area (TPSA) is 26.3 Å². The first-order chi connectivity index (χ1) is 10.1. The van der Waals surface area contributed by atoms with E-state index in [4.69, 9.17) is 4.74 Å². The Morgan fingerprint density at radius 1 is 1.00 bits per heavy atom. The summed E-state index contributed by atoms with van der Waals surface area (Å²) in [5.41, 5.74) is -0.228. The van der Waals surface area contributed by atoms with E-state index in [1.807, 2.05) is 0 Å². The molecule has 0 N–H and O–H groups in total. The van der Waals surface area contributed by atoms with E-state index in [1.54, 1.807) is 0 Å². The zero-order valence-electron chi connectivity index (χ0n) is 13.0. The summed E-state index contributed by atoms with van der Waals surface area (Å²) < 4.78 is 6.19. The van der Waals surface area contributed by atoms with Gasteiger partial charge in [-0.1, -0.05) is 12.2 Å². The van der Waals surface area contributed by atoms with Gasteiger partial charge < -0.3 is 4.74 Å². The van der Waals surface area contributed by atoms with Crippen molar-refractivity contribution in [1.82, 2.24) is 0 Å². The van der Waals surface area contributed by atoms with Gasteiger partial charge in [-0.25, -0.2) is 0 Å². The molecule has 5 fully saturated rings. The lowest BCUT2D eigenvalue weighted by Gasteiger charge is -2.54. The van der Waals surface area contributed by atoms with Gasteiger partial charge in [-0.2, -0.15) is 0 Å². The minimum Gasteiger partial charge on any atom is -0.461 e. The lowest BCUT2D eigenvalue weighted by atomic mass is 9.55. The third-order valence-electron chi connectivity index (χ3n) is 7.53. The highest BCUT2D eigenvalue weighted by molar-refractivity contribution is 5.78. The van der Waals surface area contributed by atoms with Crippen LogP contribution in [-0.4, -0.2) is 12.1 Å². The fourth-order valence-corrected chi connectivity index (χ4v) is 6.66. The van der Waals surface area contributed by atoms with Crippen LogP contribution >= 0.6 is 0 Å². The van der Waals surface area contributed by atoms with E-state index in [9.17, 15) is 4.79 Å². The average Bonchev–Trinajstić information content (AvgIpc) is 3.02. The van der Waals surface area contributed by atoms with Gasteiger partial charge in [-0.05, 0) is 87.4 Å². The maximum absolute atomic E-state index is 12.9. The molecule has 0 aromatic carbocycles. The zero-order valence-corrected chi connectivity index (χ0v) is 13.0. The second-order valence-electron chi connectivity index (χ2n) is 8.91. The van der Waals surface area contributed by atoms with Crippen molar-refractivity contribution in [2.24, 2.45) is 40.9 Å². The van der Waals surface area contributed by atoms with Crippen molar-refractivity contribution in [3.8, 4) is 0 Å². The molecule has 3 atom stereocenters. The molecule has 2 heteroatoms. The molecule has 0 aliphatic heterocycles. The molecular formula is C19H26O2. The summed E-state index contributed by atoms with van der Waals surface area (Å²) in [4.78, 5) is 12.9. The molecule has 6 rings (SSSR count). The molecule has 0 heterocycles. The average molecular weight is 286 g/mol. The summed E-state index contributed by atoms with van der Waals surface area (Å²) in [6.45, 7) is 2.15. The molecule has 0 spiro atoms. The van der Waals surface area contributed by atoms with E-state index < -0.39 is 0 Å². The standard InChI is InChI=1S/C19H26O2/c1-19(10-11-2-3-16(19)9-11)18(20)21-17-14-5-12-4-13(7-14)8-15(17)6-12/h2-3,11-17H,4-10H2,1H3. The third kappa shape index (κ3) is 1.74. The summed E-state index contributed by atoms with van der Waals surface area (Å²) in [6, 6.07) is 0. The summed E-state index contributed by atoms with van der Waals surface area (Å²) in [5.74, 6) is 4.45. The van der Waals surface area contributed by atoms with Crippen molar-refractivity contribution in [3.63, 3.8) is 0 Å². The molecule has 6 aliphatic carbocycles. The minimum atomic E-state index is -0.228. The normalized spacial score (nSPS) is 56.1. The lowest BCUT2D eigenvalue weighted by Crippen LogP contribution is -2.51. The van der Waals surface area contributed by atoms with Crippen LogP contribution in [0.5, 0.6) is 0 Å². The van der Waals surface area contributed by atoms with Gasteiger partial charge in [0.05, 0.1) is 5.41 Å². The van der Waals surface area contributed by atoms with Crippen LogP contribution in [0.4, 0.5) is 0 Å². The van der Waals surface area contributed by atoms with Gasteiger partial charge in [0.15, 0.2) is 0 Å². The lowest BCUT2D eigenvalue weighted by molar-refractivity contribution is -0.182. The van der Waals surface area contributed by atoms with Gasteiger partial charge in [0, 0.05) is 0 Å². The first-order valence-corrected chi connectivity index (χ1v) is 9.01. The Labute approximate surface area is 127 Å². The van der Waals surface area contributed by atoms with Crippen LogP contribution in [0.25, 0.3) is 0 Å². The molecule has 6 aliphatic rings. The van der Waals surface area contributed by atoms with Crippen LogP contribution in [0.3, 0.4) is 0 Å². The number of ether oxygens (including phenoxy) is 1. The Morgan fingerprint density at radius 3 is 2.19 bits per heavy atom. The SMILES string of the molecule is CC1(C(=O)OC2C3CC4CC(C3)CC2C4)CC2C=CC1C2. The molecular weight excluding hydrogens is 260 g/mol. The van der Waals surface area contributed by atoms with Crippen molar-refractivity contribution >= 4 is 5.97 Å². The van der Waals surface area contributed by atoms with Crippen LogP contribution in [0, 0.1) is 40.9 Å². The Morgan fingerprint density at radius 2 is 1.67 bits per heavy atom. The second kappa shape index (κ2) is 4.14. The molecule has 0 radical (unpaired) electrons. The predicted molar refractivity (Wildman–Crippen MR) is 80.4 cm³/mol. The van der Waals surface area contributed by atoms with E-state index in [2.05, 4.69) is 19.1 Å². The molecule has 3 unspecified atom stereocenters. The van der Waals surface area contributed by atoms with Crippen molar-refractivity contribution in [2.75, 3.05) is 0 Å². The van der Waals surface area contributed by atoms with Gasteiger partial charge in [0.2, 0.25) is 0 Å². The van der Waals surface area contributed by atoms with Crippen LogP contribution < -0.4 is 0 Å². The van der Waals surface area contributed by atoms with Crippen molar-refractivity contribution < 1.29 is 9.53 Å². The Bertz CT molecular complexity index is 480. The number of esters is 1. The smallest absolute Gasteiger partial charge is 0.312 e. The van der Waals surface area contributed by atoms with Crippen LogP contribution in [0.15, 0.2) is 12.2 Å². The van der Waals surface area contributed by atoms with Crippen molar-refractivity contribution in [2.45, 2.75) is 58.0 Å². The van der Waals surface area contributed by atoms with Gasteiger partial charge in [-0.3, -0.25) is 4.79 Å². The minimum absolute atomic E-state index is 0.122. The molecule has 21 heavy (non-hydrogen) atoms. The molecule has 6 bridgehead atoms. The summed E-state index contributed by atoms with van der Waals surface area (Å²) in [6.07, 6.45) is 13.8. The molecule has 0 aromatic heterocycles. The summed E-state index contributed by atoms with van der Waals surface area (Å²) >= 11 is 0. The van der Waals surface area contributed by atoms with Gasteiger partial charge in [-0.15, -0.1) is 0 Å². The number of allylic oxidation sites excluding steroid dienone is 2. The Balaban J connectivity index is 1.34. The maximum Gasteiger partial charge on any atom is 0.312 e. The van der Waals surface area contributed by atoms with Crippen LogP contribution in [-0.2, 0) is 9.53 Å². The highest BCUT2D eigenvalue weighted by atomic mass is 16.5. The molecule has 0 aromatic rings. The van der Waals surface area contributed by atoms with E-state index in [-0.39, 0.29) is 17.5 Å². The monoisotopic (exact) mass is 286 g/mol. The van der Waals surface area contributed by atoms with Gasteiger partial charge in [0.25, 0.3) is 0 Å². The van der Waals surface area contributed by atoms with Gasteiger partial charge in [0.1, 0.15) is 6.10 Å². The third-order valence-corrected chi connectivity index (χ3v) is 7.53. The molecule has 114 valence electrons. The largest absolute Gasteiger partial charge is 0.461 e. The highest BCUT2D eigenvalue weighted by Crippen LogP contribution is 2.56. The zero-order chi connectivity index (χ0) is 14.2. The van der Waals surface area contributed by atoms with E-state index in [1.165, 1.54) is 38.5 Å². The van der Waals surface area contributed by atoms with E-state index in [0.29, 0.717) is 23.7 Å². The van der Waals surface area contributed by atoms with Crippen LogP contribution in [0.2, 0.25) is 0 Å². The first kappa shape index (κ1) is 12.7. The maximum atomic E-state index is 12.9. The number of hydrogen-bond acceptors (Lipinski definition) is 2. The van der Waals surface area contributed by atoms with Crippen molar-refractivity contribution in [1.29, 1.82) is 0 Å². The number of carbonyl (C=O) groups is 1. The molecule has 0 amide bonds. The van der Waals surface area contributed by atoms with Crippen LogP contribution in [0.1, 0.15) is 51.9 Å². The second-order valence-corrected chi connectivity index (χ2v) is 8.91. The fourth-order valence-electron chi connectivity index (χ4n) is 6.66. The highest BCUT2D eigenvalue weighted by Gasteiger charge is 2.54. The molecule has 5 saturated carbocycles. The van der Waals surface area contributed by atoms with Gasteiger partial charge >= 0.3 is 5.97 Å². The first-order valence-electron chi connectivity index (χ1n) is 9.01. The number of hydrogen-bond donors (Lipinski definition) is 0. The summed E-state index contributed by atoms with van der Waals surface area (Å²) in [7, 11) is 0. The van der Waals surface area contributed by atoms with Crippen molar-refractivity contribution in [3.05, 3.63) is 12.2 Å². The Kier molecular flexibility index (Phi) is 2.51. The fraction of sp³-hybridized carbons (Fsp3) is 0.842. The molecule has 2 nitrogen and oxygen atoms in total. The number of fused-ring (bicyclic) bond motifs is 2. The Hall–Kier alpha value is -0.790. The van der Waals surface area contributed by atoms with E-state index >= 15 is 0 Å². The summed E-state index contributed by atoms with van der Waals surface area (Å²) in [5, 5.41) is 0. The quantitative estimate of drug-likeness (QED) is 0.567. The van der Waals surface area contributed by atoms with E-state index in [0.717, 1.165) is 18.3 Å². The predicted octanol–water partition coefficient (Wildman–Crippen LogP) is 3.96. The molecule has 0 saturated heterocycles.